The van der Waals surface area contributed by atoms with Gasteiger partial charge in [-0.25, -0.2) is 0 Å². The number of hydrogen-bond acceptors (Lipinski definition) is 4. The number of benzene rings is 1. The van der Waals surface area contributed by atoms with Crippen molar-refractivity contribution in [1.82, 2.24) is 9.80 Å². The number of hydrogen-bond donors (Lipinski definition) is 0. The van der Waals surface area contributed by atoms with Gasteiger partial charge in [-0.1, -0.05) is 31.0 Å². The molecule has 1 saturated heterocycles. The average molecular weight is 332 g/mol. The summed E-state index contributed by atoms with van der Waals surface area (Å²) >= 11 is 0. The Labute approximate surface area is 144 Å². The summed E-state index contributed by atoms with van der Waals surface area (Å²) in [6.45, 7) is 3.68. The maximum absolute atomic E-state index is 11.8. The van der Waals surface area contributed by atoms with Crippen molar-refractivity contribution in [2.24, 2.45) is 0 Å². The van der Waals surface area contributed by atoms with Crippen LogP contribution >= 0.6 is 0 Å². The summed E-state index contributed by atoms with van der Waals surface area (Å²) in [5.41, 5.74) is 1.22. The van der Waals surface area contributed by atoms with Crippen molar-refractivity contribution in [3.8, 4) is 5.75 Å². The predicted molar refractivity (Wildman–Crippen MR) is 93.1 cm³/mol. The minimum absolute atomic E-state index is 0.0268. The van der Waals surface area contributed by atoms with Crippen molar-refractivity contribution in [3.63, 3.8) is 0 Å². The average Bonchev–Trinajstić information content (AvgIpc) is 3.01. The van der Waals surface area contributed by atoms with Crippen LogP contribution in [0.4, 0.5) is 0 Å². The Bertz CT molecular complexity index is 567. The molecule has 0 radical (unpaired) electrons. The fourth-order valence-corrected chi connectivity index (χ4v) is 3.66. The number of carbonyl (C=O) groups is 1. The molecule has 5 nitrogen and oxygen atoms in total. The zero-order valence-corrected chi connectivity index (χ0v) is 14.8. The first-order chi connectivity index (χ1) is 11.6. The number of carbonyl (C=O) groups excluding carboxylic acids is 1. The largest absolute Gasteiger partial charge is 0.483 e. The highest BCUT2D eigenvalue weighted by atomic mass is 16.5. The lowest BCUT2D eigenvalue weighted by molar-refractivity contribution is -0.130. The van der Waals surface area contributed by atoms with Gasteiger partial charge in [0.1, 0.15) is 5.75 Å². The van der Waals surface area contributed by atoms with Crippen molar-refractivity contribution in [3.05, 3.63) is 29.8 Å². The molecule has 0 atom stereocenters. The number of likely N-dealkylation sites (N-methyl/N-ethyl adjacent to an activating group) is 1. The molecule has 2 aliphatic rings. The maximum atomic E-state index is 11.8. The van der Waals surface area contributed by atoms with Gasteiger partial charge in [-0.05, 0) is 18.9 Å². The third-order valence-electron chi connectivity index (χ3n) is 5.06. The van der Waals surface area contributed by atoms with Crippen LogP contribution in [-0.2, 0) is 16.1 Å². The van der Waals surface area contributed by atoms with Crippen LogP contribution < -0.4 is 4.74 Å². The van der Waals surface area contributed by atoms with E-state index in [1.54, 1.807) is 19.0 Å². The number of ether oxygens (including phenoxy) is 2. The van der Waals surface area contributed by atoms with E-state index in [0.29, 0.717) is 0 Å². The Balaban J connectivity index is 1.63. The lowest BCUT2D eigenvalue weighted by atomic mass is 9.99. The molecule has 1 saturated carbocycles. The van der Waals surface area contributed by atoms with Gasteiger partial charge in [0, 0.05) is 39.3 Å². The van der Waals surface area contributed by atoms with E-state index in [4.69, 9.17) is 9.47 Å². The monoisotopic (exact) mass is 332 g/mol. The molecule has 0 aromatic heterocycles. The molecule has 0 bridgehead atoms. The van der Waals surface area contributed by atoms with Crippen LogP contribution in [0.25, 0.3) is 0 Å². The van der Waals surface area contributed by atoms with Gasteiger partial charge in [-0.15, -0.1) is 0 Å². The molecule has 0 N–H and O–H groups in total. The van der Waals surface area contributed by atoms with Crippen LogP contribution in [0.15, 0.2) is 24.3 Å². The van der Waals surface area contributed by atoms with Gasteiger partial charge in [-0.3, -0.25) is 9.69 Å². The van der Waals surface area contributed by atoms with E-state index in [-0.39, 0.29) is 18.1 Å². The van der Waals surface area contributed by atoms with Crippen LogP contribution in [0, 0.1) is 0 Å². The molecule has 1 spiro atoms. The summed E-state index contributed by atoms with van der Waals surface area (Å²) in [7, 11) is 3.48. The predicted octanol–water partition coefficient (Wildman–Crippen LogP) is 2.30. The van der Waals surface area contributed by atoms with E-state index in [2.05, 4.69) is 11.0 Å². The zero-order valence-electron chi connectivity index (χ0n) is 14.8. The van der Waals surface area contributed by atoms with Crippen LogP contribution in [0.3, 0.4) is 0 Å². The summed E-state index contributed by atoms with van der Waals surface area (Å²) in [6.07, 6.45) is 4.92. The molecule has 3 rings (SSSR count). The Morgan fingerprint density at radius 3 is 2.79 bits per heavy atom. The van der Waals surface area contributed by atoms with E-state index in [1.807, 2.05) is 18.2 Å². The lowest BCUT2D eigenvalue weighted by Gasteiger charge is -2.40. The second-order valence-electron chi connectivity index (χ2n) is 7.13. The summed E-state index contributed by atoms with van der Waals surface area (Å²) in [6, 6.07) is 8.02. The third-order valence-corrected chi connectivity index (χ3v) is 5.06. The molecule has 24 heavy (non-hydrogen) atoms. The second-order valence-corrected chi connectivity index (χ2v) is 7.13. The summed E-state index contributed by atoms with van der Waals surface area (Å²) in [5.74, 6) is 0.778. The molecule has 132 valence electrons. The van der Waals surface area contributed by atoms with E-state index >= 15 is 0 Å². The first-order valence-corrected chi connectivity index (χ1v) is 8.85. The van der Waals surface area contributed by atoms with Crippen LogP contribution in [0.1, 0.15) is 31.2 Å². The fourth-order valence-electron chi connectivity index (χ4n) is 3.66. The molecule has 1 aromatic rings. The highest BCUT2D eigenvalue weighted by molar-refractivity contribution is 5.77. The van der Waals surface area contributed by atoms with Crippen molar-refractivity contribution >= 4 is 5.91 Å². The summed E-state index contributed by atoms with van der Waals surface area (Å²) in [4.78, 5) is 15.8. The SMILES string of the molecule is CN(C)C(=O)COc1ccccc1CN1CCOC2(CCCC2)C1. The van der Waals surface area contributed by atoms with E-state index in [0.717, 1.165) is 37.6 Å². The first-order valence-electron chi connectivity index (χ1n) is 8.85. The minimum atomic E-state index is -0.0268. The van der Waals surface area contributed by atoms with E-state index in [1.165, 1.54) is 25.7 Å². The van der Waals surface area contributed by atoms with Gasteiger partial charge in [0.2, 0.25) is 0 Å². The normalized spacial score (nSPS) is 20.2. The maximum Gasteiger partial charge on any atom is 0.259 e. The molecule has 1 amide bonds. The van der Waals surface area contributed by atoms with Crippen LogP contribution in [0.5, 0.6) is 5.75 Å². The highest BCUT2D eigenvalue weighted by Crippen LogP contribution is 2.36. The van der Waals surface area contributed by atoms with Gasteiger partial charge >= 0.3 is 0 Å². The number of para-hydroxylation sites is 1. The smallest absolute Gasteiger partial charge is 0.259 e. The molecule has 1 aliphatic carbocycles. The summed E-state index contributed by atoms with van der Waals surface area (Å²) in [5, 5.41) is 0. The third kappa shape index (κ3) is 4.08. The fraction of sp³-hybridized carbons (Fsp3) is 0.632. The van der Waals surface area contributed by atoms with Crippen LogP contribution in [0.2, 0.25) is 0 Å². The molecule has 1 heterocycles. The number of amides is 1. The molecule has 1 aromatic carbocycles. The Kier molecular flexibility index (Phi) is 5.41. The quantitative estimate of drug-likeness (QED) is 0.830. The minimum Gasteiger partial charge on any atom is -0.483 e. The zero-order chi connectivity index (χ0) is 17.0. The Hall–Kier alpha value is -1.59. The lowest BCUT2D eigenvalue weighted by Crippen LogP contribution is -2.49. The van der Waals surface area contributed by atoms with E-state index < -0.39 is 0 Å². The van der Waals surface area contributed by atoms with E-state index in [9.17, 15) is 4.79 Å². The van der Waals surface area contributed by atoms with Gasteiger partial charge in [0.05, 0.1) is 12.2 Å². The van der Waals surface area contributed by atoms with Crippen molar-refractivity contribution < 1.29 is 14.3 Å². The molecule has 2 fully saturated rings. The van der Waals surface area contributed by atoms with Crippen molar-refractivity contribution in [2.45, 2.75) is 37.8 Å². The van der Waals surface area contributed by atoms with Crippen molar-refractivity contribution in [1.29, 1.82) is 0 Å². The second kappa shape index (κ2) is 7.53. The van der Waals surface area contributed by atoms with Gasteiger partial charge in [0.25, 0.3) is 5.91 Å². The van der Waals surface area contributed by atoms with Crippen molar-refractivity contribution in [2.75, 3.05) is 40.4 Å². The number of nitrogens with zero attached hydrogens (tertiary/aromatic N) is 2. The topological polar surface area (TPSA) is 42.0 Å². The Morgan fingerprint density at radius 1 is 1.29 bits per heavy atom. The first kappa shape index (κ1) is 17.2. The molecule has 0 unspecified atom stereocenters. The Morgan fingerprint density at radius 2 is 2.04 bits per heavy atom. The van der Waals surface area contributed by atoms with Crippen LogP contribution in [-0.4, -0.2) is 61.7 Å². The van der Waals surface area contributed by atoms with Gasteiger partial charge < -0.3 is 14.4 Å². The molecule has 5 heteroatoms. The number of morpholine rings is 1. The number of rotatable bonds is 5. The van der Waals surface area contributed by atoms with Gasteiger partial charge in [-0.2, -0.15) is 0 Å². The summed E-state index contributed by atoms with van der Waals surface area (Å²) < 4.78 is 11.9. The standard InChI is InChI=1S/C19H28N2O3/c1-20(2)18(22)14-23-17-8-4-3-7-16(17)13-21-11-12-24-19(15-21)9-5-6-10-19/h3-4,7-8H,5-6,9-15H2,1-2H3. The highest BCUT2D eigenvalue weighted by Gasteiger charge is 2.39. The molecular formula is C19H28N2O3. The molecular weight excluding hydrogens is 304 g/mol. The molecule has 1 aliphatic heterocycles. The van der Waals surface area contributed by atoms with Gasteiger partial charge in [0.15, 0.2) is 6.61 Å².